The molecule has 13 heavy (non-hydrogen) atoms. The minimum Gasteiger partial charge on any atom is -0.324 e. The molecule has 1 rings (SSSR count). The Balaban J connectivity index is 3.00. The predicted molar refractivity (Wildman–Crippen MR) is 57.6 cm³/mol. The van der Waals surface area contributed by atoms with Crippen LogP contribution in [0.25, 0.3) is 0 Å². The van der Waals surface area contributed by atoms with Crippen molar-refractivity contribution in [3.63, 3.8) is 0 Å². The summed E-state index contributed by atoms with van der Waals surface area (Å²) in [4.78, 5) is 0. The Bertz CT molecular complexity index is 274. The maximum Gasteiger partial charge on any atom is 0.0314 e. The summed E-state index contributed by atoms with van der Waals surface area (Å²) in [5.41, 5.74) is 7.18. The number of hydrogen-bond donors (Lipinski definition) is 1. The molecule has 1 nitrogen and oxygen atoms in total. The zero-order chi connectivity index (χ0) is 9.90. The van der Waals surface area contributed by atoms with Crippen LogP contribution in [0.15, 0.2) is 43.0 Å². The standard InChI is InChI=1S/C12H17N/c1-4-11(13)12(2,3)10-8-6-5-7-9-10/h4-9,11H,1,13H2,2-3H3. The van der Waals surface area contributed by atoms with Crippen LogP contribution in [0, 0.1) is 0 Å². The maximum absolute atomic E-state index is 5.96. The van der Waals surface area contributed by atoms with Crippen molar-refractivity contribution in [1.29, 1.82) is 0 Å². The van der Waals surface area contributed by atoms with Crippen LogP contribution in [0.4, 0.5) is 0 Å². The van der Waals surface area contributed by atoms with Gasteiger partial charge >= 0.3 is 0 Å². The van der Waals surface area contributed by atoms with E-state index in [9.17, 15) is 0 Å². The predicted octanol–water partition coefficient (Wildman–Crippen LogP) is 2.48. The smallest absolute Gasteiger partial charge is 0.0314 e. The second kappa shape index (κ2) is 3.75. The van der Waals surface area contributed by atoms with Crippen molar-refractivity contribution < 1.29 is 0 Å². The van der Waals surface area contributed by atoms with E-state index in [1.807, 2.05) is 18.2 Å². The molecule has 0 spiro atoms. The average Bonchev–Trinajstić information content (AvgIpc) is 2.18. The van der Waals surface area contributed by atoms with Crippen molar-refractivity contribution in [3.8, 4) is 0 Å². The zero-order valence-corrected chi connectivity index (χ0v) is 8.33. The Morgan fingerprint density at radius 2 is 1.85 bits per heavy atom. The Morgan fingerprint density at radius 1 is 1.31 bits per heavy atom. The van der Waals surface area contributed by atoms with Crippen LogP contribution < -0.4 is 5.73 Å². The fourth-order valence-electron chi connectivity index (χ4n) is 1.35. The largest absolute Gasteiger partial charge is 0.324 e. The summed E-state index contributed by atoms with van der Waals surface area (Å²) < 4.78 is 0. The van der Waals surface area contributed by atoms with Gasteiger partial charge in [0.05, 0.1) is 0 Å². The number of nitrogens with two attached hydrogens (primary N) is 1. The van der Waals surface area contributed by atoms with E-state index < -0.39 is 0 Å². The van der Waals surface area contributed by atoms with Gasteiger partial charge in [0.15, 0.2) is 0 Å². The van der Waals surface area contributed by atoms with Gasteiger partial charge in [-0.1, -0.05) is 50.3 Å². The monoisotopic (exact) mass is 175 g/mol. The quantitative estimate of drug-likeness (QED) is 0.702. The first-order chi connectivity index (χ1) is 6.09. The molecule has 2 N–H and O–H groups in total. The summed E-state index contributed by atoms with van der Waals surface area (Å²) in [6.45, 7) is 7.99. The molecule has 0 fully saturated rings. The highest BCUT2D eigenvalue weighted by Crippen LogP contribution is 2.25. The third-order valence-electron chi connectivity index (χ3n) is 2.61. The number of benzene rings is 1. The summed E-state index contributed by atoms with van der Waals surface area (Å²) in [5.74, 6) is 0. The van der Waals surface area contributed by atoms with E-state index in [1.165, 1.54) is 5.56 Å². The van der Waals surface area contributed by atoms with Gasteiger partial charge in [0.1, 0.15) is 0 Å². The summed E-state index contributed by atoms with van der Waals surface area (Å²) in [5, 5.41) is 0. The van der Waals surface area contributed by atoms with E-state index >= 15 is 0 Å². The van der Waals surface area contributed by atoms with Crippen LogP contribution in [0.2, 0.25) is 0 Å². The lowest BCUT2D eigenvalue weighted by Crippen LogP contribution is -2.38. The van der Waals surface area contributed by atoms with Crippen molar-refractivity contribution >= 4 is 0 Å². The van der Waals surface area contributed by atoms with E-state index in [0.29, 0.717) is 0 Å². The van der Waals surface area contributed by atoms with Gasteiger partial charge in [-0.05, 0) is 5.56 Å². The Hall–Kier alpha value is -1.08. The summed E-state index contributed by atoms with van der Waals surface area (Å²) in [6.07, 6.45) is 1.80. The van der Waals surface area contributed by atoms with Crippen molar-refractivity contribution in [2.24, 2.45) is 5.73 Å². The fourth-order valence-corrected chi connectivity index (χ4v) is 1.35. The molecule has 1 atom stereocenters. The molecule has 0 saturated heterocycles. The van der Waals surface area contributed by atoms with Crippen molar-refractivity contribution in [2.75, 3.05) is 0 Å². The van der Waals surface area contributed by atoms with Crippen molar-refractivity contribution in [2.45, 2.75) is 25.3 Å². The Labute approximate surface area is 80.3 Å². The zero-order valence-electron chi connectivity index (χ0n) is 8.33. The van der Waals surface area contributed by atoms with Crippen LogP contribution in [-0.4, -0.2) is 6.04 Å². The van der Waals surface area contributed by atoms with E-state index in [2.05, 4.69) is 32.6 Å². The van der Waals surface area contributed by atoms with Crippen LogP contribution in [0.1, 0.15) is 19.4 Å². The van der Waals surface area contributed by atoms with Crippen molar-refractivity contribution in [1.82, 2.24) is 0 Å². The van der Waals surface area contributed by atoms with Crippen LogP contribution in [0.3, 0.4) is 0 Å². The first-order valence-electron chi connectivity index (χ1n) is 4.52. The third kappa shape index (κ3) is 1.99. The highest BCUT2D eigenvalue weighted by atomic mass is 14.7. The summed E-state index contributed by atoms with van der Waals surface area (Å²) in [6, 6.07) is 10.3. The maximum atomic E-state index is 5.96. The molecule has 1 unspecified atom stereocenters. The molecule has 0 amide bonds. The minimum absolute atomic E-state index is 0.00472. The van der Waals surface area contributed by atoms with Gasteiger partial charge in [0.2, 0.25) is 0 Å². The molecule has 0 aliphatic carbocycles. The van der Waals surface area contributed by atoms with Gasteiger partial charge in [-0.2, -0.15) is 0 Å². The lowest BCUT2D eigenvalue weighted by atomic mass is 9.78. The van der Waals surface area contributed by atoms with Gasteiger partial charge in [0.25, 0.3) is 0 Å². The molecule has 0 heterocycles. The molecule has 1 aromatic rings. The van der Waals surface area contributed by atoms with Gasteiger partial charge < -0.3 is 5.73 Å². The molecule has 0 radical (unpaired) electrons. The van der Waals surface area contributed by atoms with Crippen LogP contribution in [0.5, 0.6) is 0 Å². The SMILES string of the molecule is C=CC(N)C(C)(C)c1ccccc1. The van der Waals surface area contributed by atoms with E-state index in [0.717, 1.165) is 0 Å². The molecule has 70 valence electrons. The number of hydrogen-bond acceptors (Lipinski definition) is 1. The highest BCUT2D eigenvalue weighted by molar-refractivity contribution is 5.27. The Kier molecular flexibility index (Phi) is 2.89. The van der Waals surface area contributed by atoms with Crippen molar-refractivity contribution in [3.05, 3.63) is 48.6 Å². The molecule has 0 aromatic heterocycles. The van der Waals surface area contributed by atoms with Gasteiger partial charge in [-0.25, -0.2) is 0 Å². The lowest BCUT2D eigenvalue weighted by Gasteiger charge is -2.29. The summed E-state index contributed by atoms with van der Waals surface area (Å²) in [7, 11) is 0. The molecule has 1 heteroatoms. The molecule has 0 aliphatic heterocycles. The molecule has 0 aliphatic rings. The normalized spacial score (nSPS) is 13.8. The second-order valence-corrected chi connectivity index (χ2v) is 3.85. The third-order valence-corrected chi connectivity index (χ3v) is 2.61. The van der Waals surface area contributed by atoms with E-state index in [1.54, 1.807) is 6.08 Å². The van der Waals surface area contributed by atoms with Gasteiger partial charge in [-0.15, -0.1) is 6.58 Å². The fraction of sp³-hybridized carbons (Fsp3) is 0.333. The molecular weight excluding hydrogens is 158 g/mol. The number of rotatable bonds is 3. The molecule has 0 bridgehead atoms. The summed E-state index contributed by atoms with van der Waals surface area (Å²) >= 11 is 0. The minimum atomic E-state index is -0.0387. The van der Waals surface area contributed by atoms with Crippen LogP contribution in [-0.2, 0) is 5.41 Å². The van der Waals surface area contributed by atoms with E-state index in [-0.39, 0.29) is 11.5 Å². The van der Waals surface area contributed by atoms with E-state index in [4.69, 9.17) is 5.73 Å². The topological polar surface area (TPSA) is 26.0 Å². The first-order valence-corrected chi connectivity index (χ1v) is 4.52. The average molecular weight is 175 g/mol. The van der Waals surface area contributed by atoms with Gasteiger partial charge in [-0.3, -0.25) is 0 Å². The lowest BCUT2D eigenvalue weighted by molar-refractivity contribution is 0.467. The second-order valence-electron chi connectivity index (χ2n) is 3.85. The molecule has 1 aromatic carbocycles. The van der Waals surface area contributed by atoms with Gasteiger partial charge in [0, 0.05) is 11.5 Å². The molecule has 0 saturated carbocycles. The van der Waals surface area contributed by atoms with Crippen LogP contribution >= 0.6 is 0 Å². The Morgan fingerprint density at radius 3 is 2.31 bits per heavy atom. The highest BCUT2D eigenvalue weighted by Gasteiger charge is 2.25. The molecular formula is C12H17N. The first kappa shape index (κ1) is 10.0.